The Morgan fingerprint density at radius 2 is 2.00 bits per heavy atom. The monoisotopic (exact) mass is 389 g/mol. The summed E-state index contributed by atoms with van der Waals surface area (Å²) in [7, 11) is 1.70. The predicted octanol–water partition coefficient (Wildman–Crippen LogP) is 1.57. The van der Waals surface area contributed by atoms with Gasteiger partial charge in [0.15, 0.2) is 5.65 Å². The van der Waals surface area contributed by atoms with E-state index in [1.165, 1.54) is 5.56 Å². The number of aromatic nitrogens is 3. The minimum atomic E-state index is -0.0930. The van der Waals surface area contributed by atoms with Gasteiger partial charge in [0.05, 0.1) is 19.7 Å². The number of nitrogens with one attached hydrogen (secondary N) is 1. The molecule has 1 aromatic carbocycles. The van der Waals surface area contributed by atoms with Crippen molar-refractivity contribution < 1.29 is 4.74 Å². The third kappa shape index (κ3) is 3.85. The van der Waals surface area contributed by atoms with Gasteiger partial charge in [-0.15, -0.1) is 17.5 Å². The van der Waals surface area contributed by atoms with Gasteiger partial charge < -0.3 is 10.1 Å². The van der Waals surface area contributed by atoms with Crippen LogP contribution in [0.5, 0.6) is 5.75 Å². The molecule has 27 heavy (non-hydrogen) atoms. The van der Waals surface area contributed by atoms with Crippen LogP contribution in [-0.2, 0) is 6.54 Å². The van der Waals surface area contributed by atoms with Crippen molar-refractivity contribution in [3.63, 3.8) is 0 Å². The second-order valence-electron chi connectivity index (χ2n) is 6.43. The van der Waals surface area contributed by atoms with E-state index in [0.717, 1.165) is 31.9 Å². The Morgan fingerprint density at radius 1 is 1.19 bits per heavy atom. The van der Waals surface area contributed by atoms with E-state index in [1.807, 2.05) is 36.4 Å². The molecule has 1 fully saturated rings. The van der Waals surface area contributed by atoms with Gasteiger partial charge in [-0.05, 0) is 18.2 Å². The number of benzene rings is 1. The molecule has 1 N–H and O–H groups in total. The molecular formula is C19H24ClN5O2. The van der Waals surface area contributed by atoms with Crippen molar-refractivity contribution in [1.82, 2.24) is 24.4 Å². The molecular weight excluding hydrogens is 366 g/mol. The van der Waals surface area contributed by atoms with Crippen LogP contribution in [0.15, 0.2) is 53.5 Å². The molecule has 1 atom stereocenters. The molecule has 1 saturated heterocycles. The molecule has 2 aromatic heterocycles. The molecule has 0 spiro atoms. The largest absolute Gasteiger partial charge is 0.496 e. The van der Waals surface area contributed by atoms with E-state index < -0.39 is 0 Å². The van der Waals surface area contributed by atoms with Crippen LogP contribution in [-0.4, -0.2) is 52.4 Å². The number of hydrogen-bond acceptors (Lipinski definition) is 5. The first kappa shape index (κ1) is 19.4. The van der Waals surface area contributed by atoms with E-state index in [-0.39, 0.29) is 24.1 Å². The van der Waals surface area contributed by atoms with E-state index in [9.17, 15) is 4.79 Å². The highest BCUT2D eigenvalue weighted by Gasteiger charge is 2.26. The molecule has 1 aliphatic rings. The second-order valence-corrected chi connectivity index (χ2v) is 6.43. The van der Waals surface area contributed by atoms with Gasteiger partial charge in [0, 0.05) is 37.9 Å². The standard InChI is InChI=1S/C19H23N5O2.ClH/c1-26-17-7-3-2-6-15(17)16-14-20-9-11-22(16)12-13-24-19(25)23-10-5-4-8-18(23)21-24;/h2-8,10,16,20H,9,11-14H2,1H3;1H. The molecule has 144 valence electrons. The molecule has 3 heterocycles. The fourth-order valence-corrected chi connectivity index (χ4v) is 3.60. The molecule has 0 saturated carbocycles. The number of methoxy groups -OCH3 is 1. The summed E-state index contributed by atoms with van der Waals surface area (Å²) in [5.41, 5.74) is 1.76. The number of fused-ring (bicyclic) bond motifs is 1. The van der Waals surface area contributed by atoms with E-state index in [1.54, 1.807) is 22.4 Å². The number of para-hydroxylation sites is 1. The van der Waals surface area contributed by atoms with Crippen LogP contribution in [0, 0.1) is 0 Å². The van der Waals surface area contributed by atoms with Crippen LogP contribution in [0.2, 0.25) is 0 Å². The van der Waals surface area contributed by atoms with Crippen LogP contribution < -0.4 is 15.7 Å². The Balaban J connectivity index is 0.00000210. The minimum Gasteiger partial charge on any atom is -0.496 e. The lowest BCUT2D eigenvalue weighted by molar-refractivity contribution is 0.151. The van der Waals surface area contributed by atoms with E-state index in [0.29, 0.717) is 12.2 Å². The summed E-state index contributed by atoms with van der Waals surface area (Å²) in [5.74, 6) is 0.899. The summed E-state index contributed by atoms with van der Waals surface area (Å²) in [6.07, 6.45) is 1.75. The van der Waals surface area contributed by atoms with Gasteiger partial charge in [-0.3, -0.25) is 9.30 Å². The maximum Gasteiger partial charge on any atom is 0.350 e. The quantitative estimate of drug-likeness (QED) is 0.717. The summed E-state index contributed by atoms with van der Waals surface area (Å²) in [5, 5.41) is 7.89. The van der Waals surface area contributed by atoms with Crippen molar-refractivity contribution in [3.05, 3.63) is 64.7 Å². The maximum absolute atomic E-state index is 12.5. The van der Waals surface area contributed by atoms with E-state index >= 15 is 0 Å². The number of rotatable bonds is 5. The molecule has 0 bridgehead atoms. The first-order chi connectivity index (χ1) is 12.8. The van der Waals surface area contributed by atoms with Crippen molar-refractivity contribution in [2.75, 3.05) is 33.3 Å². The Morgan fingerprint density at radius 3 is 2.81 bits per heavy atom. The normalized spacial score (nSPS) is 17.6. The molecule has 0 radical (unpaired) electrons. The number of pyridine rings is 1. The van der Waals surface area contributed by atoms with Crippen LogP contribution in [0.25, 0.3) is 5.65 Å². The van der Waals surface area contributed by atoms with Gasteiger partial charge in [0.25, 0.3) is 0 Å². The van der Waals surface area contributed by atoms with E-state index in [4.69, 9.17) is 4.74 Å². The van der Waals surface area contributed by atoms with Gasteiger partial charge in [-0.25, -0.2) is 9.48 Å². The third-order valence-electron chi connectivity index (χ3n) is 4.94. The summed E-state index contributed by atoms with van der Waals surface area (Å²) in [4.78, 5) is 14.9. The van der Waals surface area contributed by atoms with Crippen LogP contribution in [0.1, 0.15) is 11.6 Å². The Bertz CT molecular complexity index is 954. The average Bonchev–Trinajstić information content (AvgIpc) is 3.02. The molecule has 8 heteroatoms. The fourth-order valence-electron chi connectivity index (χ4n) is 3.60. The number of hydrogen-bond donors (Lipinski definition) is 1. The highest BCUT2D eigenvalue weighted by Crippen LogP contribution is 2.29. The Labute approximate surface area is 164 Å². The predicted molar refractivity (Wildman–Crippen MR) is 107 cm³/mol. The van der Waals surface area contributed by atoms with Gasteiger partial charge in [0.1, 0.15) is 5.75 Å². The molecule has 3 aromatic rings. The molecule has 0 amide bonds. The van der Waals surface area contributed by atoms with Crippen molar-refractivity contribution in [1.29, 1.82) is 0 Å². The number of nitrogens with zero attached hydrogens (tertiary/aromatic N) is 4. The number of halogens is 1. The second kappa shape index (κ2) is 8.56. The van der Waals surface area contributed by atoms with Gasteiger partial charge in [-0.1, -0.05) is 24.3 Å². The zero-order chi connectivity index (χ0) is 17.9. The Kier molecular flexibility index (Phi) is 6.15. The SMILES string of the molecule is COc1ccccc1C1CNCCN1CCn1nc2ccccn2c1=O.Cl. The highest BCUT2D eigenvalue weighted by molar-refractivity contribution is 5.85. The van der Waals surface area contributed by atoms with Crippen molar-refractivity contribution in [3.8, 4) is 5.75 Å². The third-order valence-corrected chi connectivity index (χ3v) is 4.94. The molecule has 0 aliphatic carbocycles. The maximum atomic E-state index is 12.5. The van der Waals surface area contributed by atoms with Crippen LogP contribution >= 0.6 is 12.4 Å². The first-order valence-corrected chi connectivity index (χ1v) is 8.90. The molecule has 1 aliphatic heterocycles. The Hall–Kier alpha value is -2.35. The molecule has 4 rings (SSSR count). The van der Waals surface area contributed by atoms with Crippen molar-refractivity contribution >= 4 is 18.1 Å². The summed E-state index contributed by atoms with van der Waals surface area (Å²) < 4.78 is 8.67. The topological polar surface area (TPSA) is 63.8 Å². The van der Waals surface area contributed by atoms with E-state index in [2.05, 4.69) is 21.4 Å². The minimum absolute atomic E-state index is 0. The van der Waals surface area contributed by atoms with Gasteiger partial charge >= 0.3 is 5.69 Å². The lowest BCUT2D eigenvalue weighted by atomic mass is 10.0. The lowest BCUT2D eigenvalue weighted by Crippen LogP contribution is -2.47. The summed E-state index contributed by atoms with van der Waals surface area (Å²) in [6.45, 7) is 4.04. The zero-order valence-electron chi connectivity index (χ0n) is 15.2. The van der Waals surface area contributed by atoms with Crippen molar-refractivity contribution in [2.24, 2.45) is 0 Å². The van der Waals surface area contributed by atoms with Crippen LogP contribution in [0.3, 0.4) is 0 Å². The van der Waals surface area contributed by atoms with Crippen LogP contribution in [0.4, 0.5) is 0 Å². The van der Waals surface area contributed by atoms with Gasteiger partial charge in [-0.2, -0.15) is 0 Å². The highest BCUT2D eigenvalue weighted by atomic mass is 35.5. The van der Waals surface area contributed by atoms with Crippen molar-refractivity contribution in [2.45, 2.75) is 12.6 Å². The summed E-state index contributed by atoms with van der Waals surface area (Å²) in [6, 6.07) is 13.9. The first-order valence-electron chi connectivity index (χ1n) is 8.90. The van der Waals surface area contributed by atoms with Gasteiger partial charge in [0.2, 0.25) is 0 Å². The molecule has 1 unspecified atom stereocenters. The molecule has 7 nitrogen and oxygen atoms in total. The zero-order valence-corrected chi connectivity index (χ0v) is 16.1. The average molecular weight is 390 g/mol. The lowest BCUT2D eigenvalue weighted by Gasteiger charge is -2.36. The fraction of sp³-hybridized carbons (Fsp3) is 0.368. The number of piperazine rings is 1. The summed E-state index contributed by atoms with van der Waals surface area (Å²) >= 11 is 0. The smallest absolute Gasteiger partial charge is 0.350 e. The number of ether oxygens (including phenoxy) is 1.